The molecule has 2 N–H and O–H groups in total. The Balaban J connectivity index is 1.99. The molecular formula is C19H21BrN2O4S. The molecule has 0 saturated carbocycles. The number of hydrogen-bond donors (Lipinski definition) is 2. The molecule has 6 nitrogen and oxygen atoms in total. The Morgan fingerprint density at radius 1 is 1.00 bits per heavy atom. The van der Waals surface area contributed by atoms with Crippen molar-refractivity contribution >= 4 is 49.0 Å². The minimum Gasteiger partial charge on any atom is -0.326 e. The Labute approximate surface area is 167 Å². The van der Waals surface area contributed by atoms with Crippen LogP contribution in [-0.2, 0) is 25.2 Å². The average molecular weight is 453 g/mol. The lowest BCUT2D eigenvalue weighted by molar-refractivity contribution is -0.119. The standard InChI is InChI=1S/C19H21BrN2O4S/c1-13(2)19(24)22-17-8-4-7-16(10-17)21-18(23)12-27(25,26)11-14-5-3-6-15(20)9-14/h3-10,13H,11-12H2,1-2H3,(H,21,23)(H,22,24). The first-order chi connectivity index (χ1) is 12.6. The van der Waals surface area contributed by atoms with Crippen molar-refractivity contribution in [2.24, 2.45) is 5.92 Å². The van der Waals surface area contributed by atoms with Crippen LogP contribution in [0, 0.1) is 5.92 Å². The smallest absolute Gasteiger partial charge is 0.239 e. The van der Waals surface area contributed by atoms with Crippen molar-refractivity contribution in [3.8, 4) is 0 Å². The summed E-state index contributed by atoms with van der Waals surface area (Å²) < 4.78 is 25.3. The van der Waals surface area contributed by atoms with Gasteiger partial charge in [-0.3, -0.25) is 9.59 Å². The monoisotopic (exact) mass is 452 g/mol. The van der Waals surface area contributed by atoms with Crippen LogP contribution in [-0.4, -0.2) is 26.0 Å². The first kappa shape index (κ1) is 21.1. The van der Waals surface area contributed by atoms with Gasteiger partial charge in [0.05, 0.1) is 5.75 Å². The summed E-state index contributed by atoms with van der Waals surface area (Å²) in [6.45, 7) is 3.55. The van der Waals surface area contributed by atoms with Gasteiger partial charge in [-0.05, 0) is 35.9 Å². The fourth-order valence-electron chi connectivity index (χ4n) is 2.29. The molecule has 2 aromatic carbocycles. The zero-order valence-corrected chi connectivity index (χ0v) is 17.4. The molecule has 2 amide bonds. The maximum Gasteiger partial charge on any atom is 0.239 e. The van der Waals surface area contributed by atoms with Crippen molar-refractivity contribution in [2.75, 3.05) is 16.4 Å². The molecule has 0 fully saturated rings. The van der Waals surface area contributed by atoms with Crippen LogP contribution in [0.1, 0.15) is 19.4 Å². The highest BCUT2D eigenvalue weighted by Crippen LogP contribution is 2.17. The van der Waals surface area contributed by atoms with Crippen LogP contribution >= 0.6 is 15.9 Å². The van der Waals surface area contributed by atoms with E-state index >= 15 is 0 Å². The molecule has 2 aromatic rings. The topological polar surface area (TPSA) is 92.3 Å². The van der Waals surface area contributed by atoms with Gasteiger partial charge in [-0.2, -0.15) is 0 Å². The molecule has 27 heavy (non-hydrogen) atoms. The summed E-state index contributed by atoms with van der Waals surface area (Å²) in [6, 6.07) is 13.5. The lowest BCUT2D eigenvalue weighted by atomic mass is 10.2. The summed E-state index contributed by atoms with van der Waals surface area (Å²) in [5.41, 5.74) is 1.55. The van der Waals surface area contributed by atoms with E-state index in [-0.39, 0.29) is 17.6 Å². The summed E-state index contributed by atoms with van der Waals surface area (Å²) in [7, 11) is -3.61. The van der Waals surface area contributed by atoms with Gasteiger partial charge in [-0.1, -0.05) is 48.0 Å². The summed E-state index contributed by atoms with van der Waals surface area (Å²) >= 11 is 3.29. The van der Waals surface area contributed by atoms with Gasteiger partial charge < -0.3 is 10.6 Å². The molecular weight excluding hydrogens is 432 g/mol. The third-order valence-electron chi connectivity index (χ3n) is 3.56. The average Bonchev–Trinajstić information content (AvgIpc) is 2.53. The zero-order valence-electron chi connectivity index (χ0n) is 15.0. The third-order valence-corrected chi connectivity index (χ3v) is 5.53. The van der Waals surface area contributed by atoms with Crippen molar-refractivity contribution in [3.63, 3.8) is 0 Å². The van der Waals surface area contributed by atoms with E-state index in [1.54, 1.807) is 62.4 Å². The molecule has 144 valence electrons. The molecule has 0 aliphatic heterocycles. The Morgan fingerprint density at radius 2 is 1.63 bits per heavy atom. The summed E-state index contributed by atoms with van der Waals surface area (Å²) in [4.78, 5) is 23.9. The molecule has 0 radical (unpaired) electrons. The number of hydrogen-bond acceptors (Lipinski definition) is 4. The van der Waals surface area contributed by atoms with Gasteiger partial charge in [-0.15, -0.1) is 0 Å². The number of anilines is 2. The molecule has 0 aliphatic carbocycles. The number of carbonyl (C=O) groups excluding carboxylic acids is 2. The molecule has 0 spiro atoms. The summed E-state index contributed by atoms with van der Waals surface area (Å²) in [5.74, 6) is -1.79. The van der Waals surface area contributed by atoms with Gasteiger partial charge in [-0.25, -0.2) is 8.42 Å². The number of nitrogens with one attached hydrogen (secondary N) is 2. The minimum atomic E-state index is -3.61. The maximum absolute atomic E-state index is 12.3. The van der Waals surface area contributed by atoms with Gasteiger partial charge in [0.2, 0.25) is 11.8 Å². The molecule has 2 rings (SSSR count). The lowest BCUT2D eigenvalue weighted by Gasteiger charge is -2.10. The third kappa shape index (κ3) is 7.15. The number of sulfone groups is 1. The van der Waals surface area contributed by atoms with Crippen LogP contribution in [0.4, 0.5) is 11.4 Å². The number of rotatable bonds is 7. The van der Waals surface area contributed by atoms with E-state index in [1.807, 2.05) is 0 Å². The normalized spacial score (nSPS) is 11.3. The quantitative estimate of drug-likeness (QED) is 0.670. The second-order valence-corrected chi connectivity index (χ2v) is 9.42. The van der Waals surface area contributed by atoms with Crippen LogP contribution in [0.3, 0.4) is 0 Å². The van der Waals surface area contributed by atoms with E-state index in [0.717, 1.165) is 4.47 Å². The fraction of sp³-hybridized carbons (Fsp3) is 0.263. The zero-order chi connectivity index (χ0) is 20.0. The molecule has 8 heteroatoms. The Morgan fingerprint density at radius 3 is 2.26 bits per heavy atom. The van der Waals surface area contributed by atoms with Gasteiger partial charge in [0.15, 0.2) is 9.84 Å². The SMILES string of the molecule is CC(C)C(=O)Nc1cccc(NC(=O)CS(=O)(=O)Cc2cccc(Br)c2)c1. The Kier molecular flexibility index (Phi) is 7.15. The number of carbonyl (C=O) groups is 2. The van der Waals surface area contributed by atoms with Crippen molar-refractivity contribution in [1.29, 1.82) is 0 Å². The van der Waals surface area contributed by atoms with Crippen LogP contribution in [0.15, 0.2) is 53.0 Å². The van der Waals surface area contributed by atoms with E-state index in [2.05, 4.69) is 26.6 Å². The molecule has 0 atom stereocenters. The molecule has 0 aliphatic rings. The fourth-order valence-corrected chi connectivity index (χ4v) is 4.00. The van der Waals surface area contributed by atoms with Crippen LogP contribution in [0.25, 0.3) is 0 Å². The van der Waals surface area contributed by atoms with Gasteiger partial charge >= 0.3 is 0 Å². The molecule has 0 unspecified atom stereocenters. The van der Waals surface area contributed by atoms with Crippen LogP contribution in [0.2, 0.25) is 0 Å². The molecule has 0 aromatic heterocycles. The first-order valence-electron chi connectivity index (χ1n) is 8.30. The van der Waals surface area contributed by atoms with E-state index in [1.165, 1.54) is 0 Å². The summed E-state index contributed by atoms with van der Waals surface area (Å²) in [6.07, 6.45) is 0. The molecule has 0 bridgehead atoms. The predicted octanol–water partition coefficient (Wildman–Crippen LogP) is 3.60. The molecule has 0 saturated heterocycles. The van der Waals surface area contributed by atoms with Gasteiger partial charge in [0.1, 0.15) is 5.75 Å². The first-order valence-corrected chi connectivity index (χ1v) is 10.9. The lowest BCUT2D eigenvalue weighted by Crippen LogP contribution is -2.24. The van der Waals surface area contributed by atoms with E-state index in [9.17, 15) is 18.0 Å². The highest BCUT2D eigenvalue weighted by molar-refractivity contribution is 9.10. The highest BCUT2D eigenvalue weighted by atomic mass is 79.9. The summed E-state index contributed by atoms with van der Waals surface area (Å²) in [5, 5.41) is 5.29. The second kappa shape index (κ2) is 9.14. The van der Waals surface area contributed by atoms with Crippen LogP contribution < -0.4 is 10.6 Å². The second-order valence-electron chi connectivity index (χ2n) is 6.44. The number of benzene rings is 2. The highest BCUT2D eigenvalue weighted by Gasteiger charge is 2.18. The van der Waals surface area contributed by atoms with Crippen LogP contribution in [0.5, 0.6) is 0 Å². The number of halogens is 1. The van der Waals surface area contributed by atoms with Crippen molar-refractivity contribution in [1.82, 2.24) is 0 Å². The largest absolute Gasteiger partial charge is 0.326 e. The Hall–Kier alpha value is -2.19. The maximum atomic E-state index is 12.3. The predicted molar refractivity (Wildman–Crippen MR) is 110 cm³/mol. The molecule has 0 heterocycles. The number of amides is 2. The van der Waals surface area contributed by atoms with Crippen molar-refractivity contribution in [3.05, 3.63) is 58.6 Å². The minimum absolute atomic E-state index is 0.143. The van der Waals surface area contributed by atoms with Gasteiger partial charge in [0.25, 0.3) is 0 Å². The van der Waals surface area contributed by atoms with Crippen molar-refractivity contribution < 1.29 is 18.0 Å². The van der Waals surface area contributed by atoms with E-state index < -0.39 is 21.5 Å². The van der Waals surface area contributed by atoms with E-state index in [0.29, 0.717) is 16.9 Å². The Bertz CT molecular complexity index is 942. The van der Waals surface area contributed by atoms with E-state index in [4.69, 9.17) is 0 Å². The van der Waals surface area contributed by atoms with Crippen molar-refractivity contribution in [2.45, 2.75) is 19.6 Å². The van der Waals surface area contributed by atoms with Gasteiger partial charge in [0, 0.05) is 21.8 Å².